The second kappa shape index (κ2) is 11.9. The van der Waals surface area contributed by atoms with Crippen molar-refractivity contribution in [3.05, 3.63) is 84.2 Å². The molecule has 0 bridgehead atoms. The number of rotatable bonds is 5. The molecule has 12 heteroatoms. The second-order valence-electron chi connectivity index (χ2n) is 9.88. The highest BCUT2D eigenvalue weighted by molar-refractivity contribution is 5.93. The molecule has 1 amide bonds. The Bertz CT molecular complexity index is 1780. The predicted octanol–water partition coefficient (Wildman–Crippen LogP) is 2.82. The van der Waals surface area contributed by atoms with Gasteiger partial charge >= 0.3 is 0 Å². The smallest absolute Gasteiger partial charge is 0.272 e. The number of hydrogen-bond donors (Lipinski definition) is 3. The summed E-state index contributed by atoms with van der Waals surface area (Å²) < 4.78 is 1.54. The third-order valence-electron chi connectivity index (χ3n) is 7.17. The van der Waals surface area contributed by atoms with Crippen LogP contribution in [-0.2, 0) is 0 Å². The molecule has 4 N–H and O–H groups in total. The van der Waals surface area contributed by atoms with Crippen molar-refractivity contribution in [2.75, 3.05) is 30.3 Å². The maximum atomic E-state index is 12.4. The summed E-state index contributed by atoms with van der Waals surface area (Å²) in [4.78, 5) is 27.7. The summed E-state index contributed by atoms with van der Waals surface area (Å²) in [6.45, 7) is 1.73. The zero-order valence-electron chi connectivity index (χ0n) is 22.7. The first-order valence-corrected chi connectivity index (χ1v) is 13.6. The van der Waals surface area contributed by atoms with Gasteiger partial charge in [0.05, 0.1) is 12.2 Å². The lowest BCUT2D eigenvalue weighted by molar-refractivity contribution is 0.0953. The summed E-state index contributed by atoms with van der Waals surface area (Å²) in [5.74, 6) is 7.47. The van der Waals surface area contributed by atoms with Gasteiger partial charge in [-0.05, 0) is 61.4 Å². The van der Waals surface area contributed by atoms with E-state index in [4.69, 9.17) is 5.73 Å². The van der Waals surface area contributed by atoms with Crippen LogP contribution in [0, 0.1) is 11.8 Å². The minimum Gasteiger partial charge on any atom is -0.507 e. The number of hydrogen-bond acceptors (Lipinski definition) is 10. The highest BCUT2D eigenvalue weighted by atomic mass is 16.3. The molecule has 1 aromatic carbocycles. The van der Waals surface area contributed by atoms with Gasteiger partial charge in [-0.15, -0.1) is 10.2 Å². The Kier molecular flexibility index (Phi) is 7.54. The molecule has 210 valence electrons. The number of amides is 1. The molecule has 5 aromatic rings. The number of phenols is 1. The molecule has 12 nitrogen and oxygen atoms in total. The molecule has 0 radical (unpaired) electrons. The van der Waals surface area contributed by atoms with Crippen molar-refractivity contribution < 1.29 is 9.90 Å². The van der Waals surface area contributed by atoms with Crippen LogP contribution < -0.4 is 16.0 Å². The van der Waals surface area contributed by atoms with Crippen molar-refractivity contribution in [1.29, 1.82) is 0 Å². The van der Waals surface area contributed by atoms with Crippen LogP contribution in [-0.4, -0.2) is 65.4 Å². The van der Waals surface area contributed by atoms with Gasteiger partial charge in [0.1, 0.15) is 17.4 Å². The molecular formula is C30H28N10O2. The Morgan fingerprint density at radius 3 is 2.86 bits per heavy atom. The number of benzene rings is 1. The Hall–Kier alpha value is -5.57. The summed E-state index contributed by atoms with van der Waals surface area (Å²) in [6, 6.07) is 14.3. The molecule has 0 saturated carbocycles. The van der Waals surface area contributed by atoms with Gasteiger partial charge in [-0.2, -0.15) is 5.10 Å². The maximum Gasteiger partial charge on any atom is 0.272 e. The van der Waals surface area contributed by atoms with E-state index in [2.05, 4.69) is 52.3 Å². The molecule has 6 rings (SSSR count). The van der Waals surface area contributed by atoms with E-state index in [0.717, 1.165) is 43.7 Å². The average molecular weight is 561 g/mol. The molecule has 5 heterocycles. The van der Waals surface area contributed by atoms with E-state index in [0.29, 0.717) is 28.5 Å². The first-order valence-electron chi connectivity index (χ1n) is 13.6. The van der Waals surface area contributed by atoms with E-state index in [1.165, 1.54) is 0 Å². The van der Waals surface area contributed by atoms with Gasteiger partial charge in [-0.25, -0.2) is 19.5 Å². The Balaban J connectivity index is 1.09. The number of aromatic nitrogens is 7. The number of phenolic OH excluding ortho intramolecular Hbond substituents is 1. The molecule has 1 saturated heterocycles. The minimum absolute atomic E-state index is 0.128. The molecule has 42 heavy (non-hydrogen) atoms. The number of nitrogens with one attached hydrogen (secondary N) is 1. The van der Waals surface area contributed by atoms with Gasteiger partial charge in [-0.1, -0.05) is 18.1 Å². The lowest BCUT2D eigenvalue weighted by atomic mass is 9.91. The number of anilines is 2. The normalized spacial score (nSPS) is 15.0. The van der Waals surface area contributed by atoms with Gasteiger partial charge in [0.25, 0.3) is 5.91 Å². The largest absolute Gasteiger partial charge is 0.507 e. The van der Waals surface area contributed by atoms with Crippen LogP contribution in [0.15, 0.2) is 67.1 Å². The van der Waals surface area contributed by atoms with E-state index in [1.54, 1.807) is 47.4 Å². The Morgan fingerprint density at radius 1 is 1.07 bits per heavy atom. The van der Waals surface area contributed by atoms with Crippen molar-refractivity contribution >= 4 is 23.2 Å². The lowest BCUT2D eigenvalue weighted by Gasteiger charge is -2.22. The van der Waals surface area contributed by atoms with Crippen LogP contribution in [0.3, 0.4) is 0 Å². The maximum absolute atomic E-state index is 12.4. The van der Waals surface area contributed by atoms with E-state index in [1.807, 2.05) is 24.3 Å². The van der Waals surface area contributed by atoms with Gasteiger partial charge in [0.2, 0.25) is 5.82 Å². The van der Waals surface area contributed by atoms with E-state index >= 15 is 0 Å². The third-order valence-corrected chi connectivity index (χ3v) is 7.17. The van der Waals surface area contributed by atoms with Crippen LogP contribution >= 0.6 is 0 Å². The van der Waals surface area contributed by atoms with Gasteiger partial charge in [0.15, 0.2) is 11.3 Å². The zero-order valence-corrected chi connectivity index (χ0v) is 22.7. The standard InChI is InChI=1S/C30H28N10O2/c31-29-22(18-23(36-37-29)21-7-1-2-8-25(21)41)20-6-4-15-39(17-11-20)27-10-14-32-26(35-27)9-3-12-34-30(42)24-19-28-33-13-5-16-40(28)38-24/h1-2,5,7-8,10,13-14,16,18-20,41H,4,6,11-12,15,17H2,(H2,31,37)(H,34,42). The summed E-state index contributed by atoms with van der Waals surface area (Å²) >= 11 is 0. The van der Waals surface area contributed by atoms with Gasteiger partial charge < -0.3 is 21.1 Å². The predicted molar refractivity (Wildman–Crippen MR) is 157 cm³/mol. The van der Waals surface area contributed by atoms with Crippen LogP contribution in [0.1, 0.15) is 47.1 Å². The molecule has 0 spiro atoms. The molecule has 1 atom stereocenters. The fourth-order valence-corrected chi connectivity index (χ4v) is 5.07. The van der Waals surface area contributed by atoms with Gasteiger partial charge in [-0.3, -0.25) is 4.79 Å². The van der Waals surface area contributed by atoms with E-state index in [-0.39, 0.29) is 29.8 Å². The molecular weight excluding hydrogens is 532 g/mol. The molecule has 1 aliphatic heterocycles. The second-order valence-corrected chi connectivity index (χ2v) is 9.88. The molecule has 1 aliphatic rings. The zero-order chi connectivity index (χ0) is 28.9. The number of nitrogens with zero attached hydrogens (tertiary/aromatic N) is 8. The fraction of sp³-hybridized carbons (Fsp3) is 0.233. The Morgan fingerprint density at radius 2 is 1.98 bits per heavy atom. The average Bonchev–Trinajstić information content (AvgIpc) is 3.30. The first-order chi connectivity index (χ1) is 20.5. The van der Waals surface area contributed by atoms with Crippen molar-refractivity contribution in [1.82, 2.24) is 40.1 Å². The molecule has 1 unspecified atom stereocenters. The van der Waals surface area contributed by atoms with E-state index in [9.17, 15) is 9.90 Å². The quantitative estimate of drug-likeness (QED) is 0.273. The van der Waals surface area contributed by atoms with Crippen LogP contribution in [0.4, 0.5) is 11.6 Å². The number of nitrogen functional groups attached to an aromatic ring is 1. The van der Waals surface area contributed by atoms with Crippen molar-refractivity contribution in [3.63, 3.8) is 0 Å². The highest BCUT2D eigenvalue weighted by Gasteiger charge is 2.23. The minimum atomic E-state index is -0.332. The number of carbonyl (C=O) groups is 1. The Labute approximate surface area is 241 Å². The van der Waals surface area contributed by atoms with Crippen LogP contribution in [0.2, 0.25) is 0 Å². The topological polar surface area (TPSA) is 160 Å². The van der Waals surface area contributed by atoms with Crippen LogP contribution in [0.25, 0.3) is 16.9 Å². The summed E-state index contributed by atoms with van der Waals surface area (Å²) in [5, 5.41) is 25.6. The lowest BCUT2D eigenvalue weighted by Crippen LogP contribution is -2.25. The summed E-state index contributed by atoms with van der Waals surface area (Å²) in [6.07, 6.45) is 7.80. The number of nitrogens with two attached hydrogens (primary N) is 1. The van der Waals surface area contributed by atoms with Crippen LogP contribution in [0.5, 0.6) is 5.75 Å². The summed E-state index contributed by atoms with van der Waals surface area (Å²) in [5.41, 5.74) is 9.30. The number of aromatic hydroxyl groups is 1. The summed E-state index contributed by atoms with van der Waals surface area (Å²) in [7, 11) is 0. The molecule has 0 aliphatic carbocycles. The monoisotopic (exact) mass is 560 g/mol. The number of para-hydroxylation sites is 1. The SMILES string of the molecule is Nc1nnc(-c2ccccc2O)cc1C1CCCN(c2ccnc(C#CCNC(=O)c3cc4ncccn4n3)n2)CC1. The number of carbonyl (C=O) groups excluding carboxylic acids is 1. The van der Waals surface area contributed by atoms with Crippen molar-refractivity contribution in [3.8, 4) is 28.8 Å². The molecule has 4 aromatic heterocycles. The van der Waals surface area contributed by atoms with Crippen molar-refractivity contribution in [2.45, 2.75) is 25.2 Å². The first kappa shape index (κ1) is 26.6. The van der Waals surface area contributed by atoms with Crippen molar-refractivity contribution in [2.24, 2.45) is 0 Å². The van der Waals surface area contributed by atoms with E-state index < -0.39 is 0 Å². The number of fused-ring (bicyclic) bond motifs is 1. The van der Waals surface area contributed by atoms with Gasteiger partial charge in [0, 0.05) is 48.9 Å². The fourth-order valence-electron chi connectivity index (χ4n) is 5.07. The third kappa shape index (κ3) is 5.80. The highest BCUT2D eigenvalue weighted by Crippen LogP contribution is 2.35. The molecule has 1 fully saturated rings.